The first-order valence-electron chi connectivity index (χ1n) is 19.6. The van der Waals surface area contributed by atoms with E-state index in [0.29, 0.717) is 25.9 Å². The number of aromatic nitrogens is 4. The van der Waals surface area contributed by atoms with E-state index in [1.165, 1.54) is 14.2 Å². The number of hydrogen-bond acceptors (Lipinski definition) is 8. The number of carbonyl (C=O) groups is 4. The van der Waals surface area contributed by atoms with Gasteiger partial charge in [0, 0.05) is 13.1 Å². The summed E-state index contributed by atoms with van der Waals surface area (Å²) in [6.45, 7) is 9.28. The van der Waals surface area contributed by atoms with Crippen LogP contribution in [-0.4, -0.2) is 93.1 Å². The monoisotopic (exact) mass is 766 g/mol. The highest BCUT2D eigenvalue weighted by molar-refractivity contribution is 5.87. The van der Waals surface area contributed by atoms with Gasteiger partial charge in [-0.05, 0) is 72.6 Å². The van der Waals surface area contributed by atoms with Gasteiger partial charge >= 0.3 is 12.2 Å². The number of alkyl carbamates (subject to hydrolysis) is 2. The summed E-state index contributed by atoms with van der Waals surface area (Å²) >= 11 is 0. The van der Waals surface area contributed by atoms with Gasteiger partial charge in [-0.2, -0.15) is 0 Å². The quantitative estimate of drug-likeness (QED) is 0.113. The molecule has 2 aliphatic rings. The average molecular weight is 767 g/mol. The summed E-state index contributed by atoms with van der Waals surface area (Å²) in [5.74, 6) is 1.64. The number of H-pyrrole nitrogens is 2. The Bertz CT molecular complexity index is 1830. The maximum absolute atomic E-state index is 13.6. The number of imidazole rings is 2. The van der Waals surface area contributed by atoms with Gasteiger partial charge in [0.15, 0.2) is 0 Å². The van der Waals surface area contributed by atoms with Crippen molar-refractivity contribution in [2.75, 3.05) is 27.3 Å². The van der Waals surface area contributed by atoms with Crippen molar-refractivity contribution in [3.05, 3.63) is 72.6 Å². The highest BCUT2D eigenvalue weighted by atomic mass is 16.5. The zero-order valence-corrected chi connectivity index (χ0v) is 33.1. The van der Waals surface area contributed by atoms with Crippen LogP contribution in [0.3, 0.4) is 0 Å². The normalized spacial score (nSPS) is 17.9. The van der Waals surface area contributed by atoms with Gasteiger partial charge in [0.25, 0.3) is 0 Å². The number of likely N-dealkylation sites (tertiary alicyclic amines) is 2. The van der Waals surface area contributed by atoms with Crippen LogP contribution in [0.5, 0.6) is 0 Å². The van der Waals surface area contributed by atoms with Crippen molar-refractivity contribution in [3.63, 3.8) is 0 Å². The molecular formula is C42H54N8O6. The van der Waals surface area contributed by atoms with Crippen LogP contribution >= 0.6 is 0 Å². The van der Waals surface area contributed by atoms with Gasteiger partial charge in [-0.1, -0.05) is 76.2 Å². The fourth-order valence-corrected chi connectivity index (χ4v) is 7.81. The average Bonchev–Trinajstić information content (AvgIpc) is 4.03. The SMILES string of the molecule is COC(=O)N[C@@H](CC(C)C)C(=O)N1CCC[C@@H]1c1ncc(-c2ccc(-c3ccc(-c4cnc([C@@H]5CCCN5C(=O)[C@H](CC(C)C)NC(=O)OC)[nH]4)cc3)cc2)[nH]1. The topological polar surface area (TPSA) is 175 Å². The summed E-state index contributed by atoms with van der Waals surface area (Å²) in [7, 11) is 2.60. The first kappa shape index (κ1) is 40.0. The molecule has 2 aromatic carbocycles. The first-order valence-corrected chi connectivity index (χ1v) is 19.6. The van der Waals surface area contributed by atoms with Crippen molar-refractivity contribution in [2.24, 2.45) is 11.8 Å². The predicted molar refractivity (Wildman–Crippen MR) is 212 cm³/mol. The van der Waals surface area contributed by atoms with Gasteiger partial charge in [0.05, 0.1) is 50.1 Å². The minimum atomic E-state index is -0.664. The van der Waals surface area contributed by atoms with Crippen LogP contribution in [0, 0.1) is 11.8 Å². The molecule has 0 unspecified atom stereocenters. The molecule has 56 heavy (non-hydrogen) atoms. The van der Waals surface area contributed by atoms with Gasteiger partial charge in [-0.3, -0.25) is 9.59 Å². The number of benzene rings is 2. The van der Waals surface area contributed by atoms with E-state index in [-0.39, 0.29) is 35.7 Å². The third-order valence-electron chi connectivity index (χ3n) is 10.6. The van der Waals surface area contributed by atoms with Crippen LogP contribution in [0.4, 0.5) is 9.59 Å². The third kappa shape index (κ3) is 9.23. The van der Waals surface area contributed by atoms with Crippen LogP contribution in [-0.2, 0) is 19.1 Å². The second-order valence-electron chi connectivity index (χ2n) is 15.5. The molecular weight excluding hydrogens is 713 g/mol. The Morgan fingerprint density at radius 3 is 1.34 bits per heavy atom. The number of hydrogen-bond donors (Lipinski definition) is 4. The number of amides is 4. The minimum absolute atomic E-state index is 0.123. The summed E-state index contributed by atoms with van der Waals surface area (Å²) in [5, 5.41) is 5.45. The number of aromatic amines is 2. The molecule has 14 heteroatoms. The van der Waals surface area contributed by atoms with Gasteiger partial charge < -0.3 is 39.9 Å². The van der Waals surface area contributed by atoms with E-state index in [9.17, 15) is 19.2 Å². The maximum atomic E-state index is 13.6. The van der Waals surface area contributed by atoms with Crippen molar-refractivity contribution in [1.29, 1.82) is 0 Å². The van der Waals surface area contributed by atoms with Crippen molar-refractivity contribution < 1.29 is 28.7 Å². The van der Waals surface area contributed by atoms with Crippen LogP contribution in [0.15, 0.2) is 60.9 Å². The van der Waals surface area contributed by atoms with Crippen molar-refractivity contribution in [2.45, 2.75) is 90.4 Å². The Balaban J connectivity index is 1.10. The van der Waals surface area contributed by atoms with Gasteiger partial charge in [-0.25, -0.2) is 19.6 Å². The molecule has 2 aromatic heterocycles. The second-order valence-corrected chi connectivity index (χ2v) is 15.5. The molecule has 4 heterocycles. The van der Waals surface area contributed by atoms with E-state index in [2.05, 4.69) is 79.1 Å². The number of nitrogens with one attached hydrogen (secondary N) is 4. The number of nitrogens with zero attached hydrogens (tertiary/aromatic N) is 4. The van der Waals surface area contributed by atoms with Gasteiger partial charge in [-0.15, -0.1) is 0 Å². The lowest BCUT2D eigenvalue weighted by Crippen LogP contribution is -2.49. The Labute approximate surface area is 328 Å². The molecule has 298 valence electrons. The number of methoxy groups -OCH3 is 2. The van der Waals surface area contributed by atoms with E-state index < -0.39 is 24.3 Å². The summed E-state index contributed by atoms with van der Waals surface area (Å²) in [6.07, 6.45) is 6.69. The molecule has 4 amide bonds. The summed E-state index contributed by atoms with van der Waals surface area (Å²) in [5.41, 5.74) is 5.80. The lowest BCUT2D eigenvalue weighted by molar-refractivity contribution is -0.135. The Morgan fingerprint density at radius 2 is 1.00 bits per heavy atom. The molecule has 0 radical (unpaired) electrons. The lowest BCUT2D eigenvalue weighted by Gasteiger charge is -2.29. The van der Waals surface area contributed by atoms with E-state index in [4.69, 9.17) is 9.47 Å². The van der Waals surface area contributed by atoms with Crippen LogP contribution in [0.2, 0.25) is 0 Å². The van der Waals surface area contributed by atoms with Crippen LogP contribution in [0.1, 0.15) is 90.0 Å². The molecule has 2 fully saturated rings. The summed E-state index contributed by atoms with van der Waals surface area (Å²) < 4.78 is 9.57. The molecule has 4 aromatic rings. The highest BCUT2D eigenvalue weighted by Crippen LogP contribution is 2.35. The number of carbonyl (C=O) groups excluding carboxylic acids is 4. The fraction of sp³-hybridized carbons (Fsp3) is 0.476. The number of ether oxygens (including phenoxy) is 2. The van der Waals surface area contributed by atoms with E-state index in [1.807, 2.05) is 37.5 Å². The van der Waals surface area contributed by atoms with E-state index >= 15 is 0 Å². The first-order chi connectivity index (χ1) is 26.9. The molecule has 2 saturated heterocycles. The Kier molecular flexibility index (Phi) is 12.8. The zero-order valence-electron chi connectivity index (χ0n) is 33.1. The van der Waals surface area contributed by atoms with Gasteiger partial charge in [0.1, 0.15) is 23.7 Å². The van der Waals surface area contributed by atoms with Crippen molar-refractivity contribution in [3.8, 4) is 33.6 Å². The third-order valence-corrected chi connectivity index (χ3v) is 10.6. The van der Waals surface area contributed by atoms with Crippen molar-refractivity contribution in [1.82, 2.24) is 40.4 Å². The minimum Gasteiger partial charge on any atom is -0.453 e. The predicted octanol–water partition coefficient (Wildman–Crippen LogP) is 7.00. The van der Waals surface area contributed by atoms with Crippen LogP contribution in [0.25, 0.3) is 33.6 Å². The maximum Gasteiger partial charge on any atom is 0.407 e. The smallest absolute Gasteiger partial charge is 0.407 e. The van der Waals surface area contributed by atoms with Crippen molar-refractivity contribution >= 4 is 24.0 Å². The molecule has 14 nitrogen and oxygen atoms in total. The highest BCUT2D eigenvalue weighted by Gasteiger charge is 2.38. The lowest BCUT2D eigenvalue weighted by atomic mass is 10.0. The Morgan fingerprint density at radius 1 is 0.643 bits per heavy atom. The molecule has 0 saturated carbocycles. The largest absolute Gasteiger partial charge is 0.453 e. The molecule has 4 atom stereocenters. The molecule has 6 rings (SSSR count). The van der Waals surface area contributed by atoms with E-state index in [0.717, 1.165) is 71.0 Å². The van der Waals surface area contributed by atoms with Crippen LogP contribution < -0.4 is 10.6 Å². The fourth-order valence-electron chi connectivity index (χ4n) is 7.81. The zero-order chi connectivity index (χ0) is 39.9. The summed E-state index contributed by atoms with van der Waals surface area (Å²) in [6, 6.07) is 14.8. The standard InChI is InChI=1S/C42H54N8O6/c1-25(2)21-31(47-41(53)55-5)39(51)49-19-7-9-35(49)37-43-23-33(45-37)29-15-11-27(12-16-29)28-13-17-30(18-14-28)34-24-44-38(46-34)36-10-8-20-50(36)40(52)32(22-26(3)4)48-42(54)56-6/h11-18,23-26,31-32,35-36H,7-10,19-22H2,1-6H3,(H,43,45)(H,44,46)(H,47,53)(H,48,54)/t31-,32-,35-,36+/m0/s1. The van der Waals surface area contributed by atoms with E-state index in [1.54, 1.807) is 12.4 Å². The molecule has 2 aliphatic heterocycles. The molecule has 4 N–H and O–H groups in total. The number of rotatable bonds is 13. The molecule has 0 aliphatic carbocycles. The second kappa shape index (κ2) is 17.9. The summed E-state index contributed by atoms with van der Waals surface area (Å²) in [4.78, 5) is 71.2. The molecule has 0 spiro atoms. The molecule has 0 bridgehead atoms. The van der Waals surface area contributed by atoms with Gasteiger partial charge in [0.2, 0.25) is 11.8 Å². The Hall–Kier alpha value is -5.66.